The van der Waals surface area contributed by atoms with Crippen molar-refractivity contribution in [2.24, 2.45) is 0 Å². The fraction of sp³-hybridized carbons (Fsp3) is 0.231. The number of hydrogen-bond donors (Lipinski definition) is 0. The van der Waals surface area contributed by atoms with Gasteiger partial charge in [0.15, 0.2) is 0 Å². The third kappa shape index (κ3) is 2.26. The van der Waals surface area contributed by atoms with Crippen LogP contribution in [0.1, 0.15) is 10.6 Å². The average Bonchev–Trinajstić information content (AvgIpc) is 2.84. The van der Waals surface area contributed by atoms with E-state index in [2.05, 4.69) is 15.0 Å². The van der Waals surface area contributed by atoms with Crippen LogP contribution in [0.4, 0.5) is 0 Å². The summed E-state index contributed by atoms with van der Waals surface area (Å²) in [6.07, 6.45) is 5.61. The second kappa shape index (κ2) is 4.89. The van der Waals surface area contributed by atoms with Crippen molar-refractivity contribution in [3.63, 3.8) is 0 Å². The summed E-state index contributed by atoms with van der Waals surface area (Å²) in [6.45, 7) is 2.60. The Morgan fingerprint density at radius 3 is 3.05 bits per heavy atom. The summed E-state index contributed by atoms with van der Waals surface area (Å²) in [5.41, 5.74) is 3.49. The predicted molar refractivity (Wildman–Crippen MR) is 74.4 cm³/mol. The maximum atomic E-state index is 12.3. The topological polar surface area (TPSA) is 60.7 Å². The molecule has 0 aromatic carbocycles. The highest BCUT2D eigenvalue weighted by atomic mass is 32.1. The first kappa shape index (κ1) is 12.0. The Morgan fingerprint density at radius 2 is 2.26 bits per heavy atom. The van der Waals surface area contributed by atoms with Gasteiger partial charge in [-0.25, -0.2) is 9.97 Å². The Bertz CT molecular complexity index is 777. The summed E-state index contributed by atoms with van der Waals surface area (Å²) in [6, 6.07) is 1.71. The smallest absolute Gasteiger partial charge is 0.261 e. The molecular formula is C13H12N4OS. The van der Waals surface area contributed by atoms with Crippen LogP contribution in [-0.4, -0.2) is 19.5 Å². The fourth-order valence-corrected chi connectivity index (χ4v) is 2.73. The summed E-state index contributed by atoms with van der Waals surface area (Å²) < 4.78 is 1.64. The van der Waals surface area contributed by atoms with Crippen LogP contribution in [-0.2, 0) is 13.0 Å². The zero-order valence-electron chi connectivity index (χ0n) is 10.4. The first-order valence-electron chi connectivity index (χ1n) is 5.94. The van der Waals surface area contributed by atoms with Crippen LogP contribution in [0.2, 0.25) is 0 Å². The quantitative estimate of drug-likeness (QED) is 0.729. The molecule has 3 heterocycles. The fourth-order valence-electron chi connectivity index (χ4n) is 1.96. The molecule has 0 saturated carbocycles. The normalized spacial score (nSPS) is 11.0. The van der Waals surface area contributed by atoms with Gasteiger partial charge in [-0.05, 0) is 13.0 Å². The van der Waals surface area contributed by atoms with E-state index >= 15 is 0 Å². The zero-order chi connectivity index (χ0) is 13.2. The standard InChI is InChI=1S/C13H12N4OS/c1-9-12(19-8-16-9)3-5-17-7-15-11-6-14-4-2-10(11)13(17)18/h2,4,6-8H,3,5H2,1H3. The average molecular weight is 272 g/mol. The van der Waals surface area contributed by atoms with Gasteiger partial charge in [0.2, 0.25) is 0 Å². The molecule has 0 saturated heterocycles. The molecule has 3 aromatic heterocycles. The SMILES string of the molecule is Cc1ncsc1CCn1cnc2cnccc2c1=O. The largest absolute Gasteiger partial charge is 0.298 e. The third-order valence-corrected chi connectivity index (χ3v) is 4.05. The molecule has 0 aliphatic carbocycles. The number of aryl methyl sites for hydroxylation is 3. The van der Waals surface area contributed by atoms with Gasteiger partial charge in [-0.1, -0.05) is 0 Å². The minimum atomic E-state index is -0.0189. The Labute approximate surface area is 113 Å². The molecule has 0 N–H and O–H groups in total. The van der Waals surface area contributed by atoms with Gasteiger partial charge >= 0.3 is 0 Å². The molecule has 0 spiro atoms. The maximum Gasteiger partial charge on any atom is 0.261 e. The number of fused-ring (bicyclic) bond motifs is 1. The van der Waals surface area contributed by atoms with Crippen molar-refractivity contribution in [2.45, 2.75) is 19.9 Å². The van der Waals surface area contributed by atoms with Crippen LogP contribution in [0.25, 0.3) is 10.9 Å². The van der Waals surface area contributed by atoms with Crippen molar-refractivity contribution in [3.8, 4) is 0 Å². The number of nitrogens with zero attached hydrogens (tertiary/aromatic N) is 4. The lowest BCUT2D eigenvalue weighted by Gasteiger charge is -2.05. The lowest BCUT2D eigenvalue weighted by Crippen LogP contribution is -2.21. The molecule has 0 fully saturated rings. The van der Waals surface area contributed by atoms with Gasteiger partial charge in [-0.2, -0.15) is 0 Å². The summed E-state index contributed by atoms with van der Waals surface area (Å²) in [5, 5.41) is 0.610. The molecular weight excluding hydrogens is 260 g/mol. The molecule has 96 valence electrons. The van der Waals surface area contributed by atoms with E-state index in [0.717, 1.165) is 12.1 Å². The monoisotopic (exact) mass is 272 g/mol. The Balaban J connectivity index is 1.92. The predicted octanol–water partition coefficient (Wildman–Crippen LogP) is 1.80. The molecule has 3 rings (SSSR count). The van der Waals surface area contributed by atoms with Crippen LogP contribution in [0, 0.1) is 6.92 Å². The van der Waals surface area contributed by atoms with E-state index in [1.807, 2.05) is 12.4 Å². The second-order valence-electron chi connectivity index (χ2n) is 4.25. The van der Waals surface area contributed by atoms with E-state index in [4.69, 9.17) is 0 Å². The molecule has 0 amide bonds. The zero-order valence-corrected chi connectivity index (χ0v) is 11.2. The van der Waals surface area contributed by atoms with E-state index in [0.29, 0.717) is 17.4 Å². The van der Waals surface area contributed by atoms with Crippen molar-refractivity contribution >= 4 is 22.2 Å². The van der Waals surface area contributed by atoms with Gasteiger partial charge in [0.25, 0.3) is 5.56 Å². The van der Waals surface area contributed by atoms with E-state index in [9.17, 15) is 4.79 Å². The highest BCUT2D eigenvalue weighted by Crippen LogP contribution is 2.13. The molecule has 0 aliphatic heterocycles. The lowest BCUT2D eigenvalue weighted by atomic mass is 10.3. The van der Waals surface area contributed by atoms with Crippen LogP contribution in [0.3, 0.4) is 0 Å². The minimum Gasteiger partial charge on any atom is -0.298 e. The van der Waals surface area contributed by atoms with Gasteiger partial charge in [-0.15, -0.1) is 11.3 Å². The van der Waals surface area contributed by atoms with Gasteiger partial charge in [0, 0.05) is 24.0 Å². The molecule has 0 atom stereocenters. The maximum absolute atomic E-state index is 12.3. The Hall–Kier alpha value is -2.08. The second-order valence-corrected chi connectivity index (χ2v) is 5.19. The number of hydrogen-bond acceptors (Lipinski definition) is 5. The Kier molecular flexibility index (Phi) is 3.08. The van der Waals surface area contributed by atoms with Gasteiger partial charge < -0.3 is 0 Å². The first-order valence-corrected chi connectivity index (χ1v) is 6.82. The molecule has 0 aliphatic rings. The molecule has 19 heavy (non-hydrogen) atoms. The van der Waals surface area contributed by atoms with Gasteiger partial charge in [0.05, 0.1) is 34.6 Å². The van der Waals surface area contributed by atoms with E-state index in [1.165, 1.54) is 4.88 Å². The van der Waals surface area contributed by atoms with Gasteiger partial charge in [0.1, 0.15) is 0 Å². The van der Waals surface area contributed by atoms with Crippen molar-refractivity contribution in [3.05, 3.63) is 51.2 Å². The molecule has 0 unspecified atom stereocenters. The number of thiazole rings is 1. The van der Waals surface area contributed by atoms with Gasteiger partial charge in [-0.3, -0.25) is 14.3 Å². The summed E-state index contributed by atoms with van der Waals surface area (Å²) >= 11 is 1.62. The van der Waals surface area contributed by atoms with Crippen LogP contribution < -0.4 is 5.56 Å². The van der Waals surface area contributed by atoms with E-state index in [1.54, 1.807) is 40.7 Å². The molecule has 0 radical (unpaired) electrons. The number of rotatable bonds is 3. The van der Waals surface area contributed by atoms with E-state index < -0.39 is 0 Å². The lowest BCUT2D eigenvalue weighted by molar-refractivity contribution is 0.665. The third-order valence-electron chi connectivity index (χ3n) is 3.05. The van der Waals surface area contributed by atoms with Crippen molar-refractivity contribution < 1.29 is 0 Å². The molecule has 3 aromatic rings. The highest BCUT2D eigenvalue weighted by Gasteiger charge is 2.06. The molecule has 0 bridgehead atoms. The summed E-state index contributed by atoms with van der Waals surface area (Å²) in [7, 11) is 0. The molecule has 5 nitrogen and oxygen atoms in total. The van der Waals surface area contributed by atoms with Crippen molar-refractivity contribution in [2.75, 3.05) is 0 Å². The number of pyridine rings is 1. The van der Waals surface area contributed by atoms with Crippen molar-refractivity contribution in [1.82, 2.24) is 19.5 Å². The van der Waals surface area contributed by atoms with Crippen molar-refractivity contribution in [1.29, 1.82) is 0 Å². The summed E-state index contributed by atoms with van der Waals surface area (Å²) in [4.78, 5) is 25.9. The first-order chi connectivity index (χ1) is 9.25. The Morgan fingerprint density at radius 1 is 1.37 bits per heavy atom. The minimum absolute atomic E-state index is 0.0189. The van der Waals surface area contributed by atoms with E-state index in [-0.39, 0.29) is 5.56 Å². The van der Waals surface area contributed by atoms with Crippen LogP contribution >= 0.6 is 11.3 Å². The van der Waals surface area contributed by atoms with Crippen LogP contribution in [0.15, 0.2) is 35.1 Å². The molecule has 6 heteroatoms. The summed E-state index contributed by atoms with van der Waals surface area (Å²) in [5.74, 6) is 0. The van der Waals surface area contributed by atoms with Crippen LogP contribution in [0.5, 0.6) is 0 Å². The number of aromatic nitrogens is 4. The highest BCUT2D eigenvalue weighted by molar-refractivity contribution is 7.09.